The lowest BCUT2D eigenvalue weighted by Gasteiger charge is -2.02. The molecule has 0 spiro atoms. The van der Waals surface area contributed by atoms with Crippen LogP contribution in [0.3, 0.4) is 0 Å². The van der Waals surface area contributed by atoms with Crippen molar-refractivity contribution in [2.75, 3.05) is 7.11 Å². The monoisotopic (exact) mass is 222 g/mol. The molecule has 1 aromatic carbocycles. The third-order valence-corrected chi connectivity index (χ3v) is 1.83. The highest BCUT2D eigenvalue weighted by atomic mass is 16.6. The van der Waals surface area contributed by atoms with Gasteiger partial charge in [-0.3, -0.25) is 10.1 Å². The van der Waals surface area contributed by atoms with Crippen molar-refractivity contribution in [1.82, 2.24) is 0 Å². The second-order valence-corrected chi connectivity index (χ2v) is 2.75. The van der Waals surface area contributed by atoms with E-state index < -0.39 is 27.9 Å². The van der Waals surface area contributed by atoms with Crippen LogP contribution in [0.1, 0.15) is 15.9 Å². The highest BCUT2D eigenvalue weighted by Crippen LogP contribution is 2.28. The van der Waals surface area contributed by atoms with Crippen LogP contribution in [0.5, 0.6) is 5.75 Å². The first kappa shape index (κ1) is 11.5. The standard InChI is InChI=1S/C9H6N2O5/c1-16-9(13)5-2-7(11(14)15)6(4-10)8(12)3-5/h2-3,12H,1H3. The van der Waals surface area contributed by atoms with Gasteiger partial charge >= 0.3 is 5.97 Å². The molecule has 0 radical (unpaired) electrons. The quantitative estimate of drug-likeness (QED) is 0.452. The number of phenolic OH excluding ortho intramolecular Hbond substituents is 1. The molecule has 0 saturated carbocycles. The van der Waals surface area contributed by atoms with Crippen molar-refractivity contribution in [3.8, 4) is 11.8 Å². The number of benzene rings is 1. The third-order valence-electron chi connectivity index (χ3n) is 1.83. The van der Waals surface area contributed by atoms with Gasteiger partial charge in [0.25, 0.3) is 5.69 Å². The Hall–Kier alpha value is -2.62. The number of nitro benzene ring substituents is 1. The zero-order valence-corrected chi connectivity index (χ0v) is 8.13. The van der Waals surface area contributed by atoms with Crippen molar-refractivity contribution in [3.05, 3.63) is 33.4 Å². The molecule has 0 saturated heterocycles. The van der Waals surface area contributed by atoms with Crippen molar-refractivity contribution < 1.29 is 19.6 Å². The summed E-state index contributed by atoms with van der Waals surface area (Å²) in [6, 6.07) is 3.31. The molecule has 0 aliphatic rings. The van der Waals surface area contributed by atoms with Gasteiger partial charge < -0.3 is 9.84 Å². The van der Waals surface area contributed by atoms with E-state index in [1.54, 1.807) is 0 Å². The van der Waals surface area contributed by atoms with Crippen molar-refractivity contribution in [2.45, 2.75) is 0 Å². The van der Waals surface area contributed by atoms with E-state index in [2.05, 4.69) is 4.74 Å². The fraction of sp³-hybridized carbons (Fsp3) is 0.111. The van der Waals surface area contributed by atoms with Gasteiger partial charge in [-0.25, -0.2) is 4.79 Å². The summed E-state index contributed by atoms with van der Waals surface area (Å²) < 4.78 is 4.34. The van der Waals surface area contributed by atoms with Crippen LogP contribution in [0.2, 0.25) is 0 Å². The number of methoxy groups -OCH3 is 1. The molecule has 0 aliphatic carbocycles. The lowest BCUT2D eigenvalue weighted by molar-refractivity contribution is -0.385. The molecule has 7 heteroatoms. The Morgan fingerprint density at radius 2 is 2.25 bits per heavy atom. The fourth-order valence-corrected chi connectivity index (χ4v) is 1.11. The first-order valence-electron chi connectivity index (χ1n) is 4.01. The minimum Gasteiger partial charge on any atom is -0.506 e. The predicted octanol–water partition coefficient (Wildman–Crippen LogP) is 0.959. The molecule has 0 amide bonds. The molecule has 1 rings (SSSR count). The smallest absolute Gasteiger partial charge is 0.338 e. The van der Waals surface area contributed by atoms with Gasteiger partial charge in [-0.05, 0) is 6.07 Å². The van der Waals surface area contributed by atoms with E-state index in [0.29, 0.717) is 0 Å². The number of nitrogens with zero attached hydrogens (tertiary/aromatic N) is 2. The Morgan fingerprint density at radius 1 is 1.62 bits per heavy atom. The summed E-state index contributed by atoms with van der Waals surface area (Å²) in [7, 11) is 1.10. The van der Waals surface area contributed by atoms with Gasteiger partial charge in [0.05, 0.1) is 17.6 Å². The van der Waals surface area contributed by atoms with Gasteiger partial charge in [0, 0.05) is 6.07 Å². The maximum Gasteiger partial charge on any atom is 0.338 e. The third kappa shape index (κ3) is 1.90. The number of nitro groups is 1. The van der Waals surface area contributed by atoms with E-state index in [1.807, 2.05) is 0 Å². The van der Waals surface area contributed by atoms with Crippen LogP contribution >= 0.6 is 0 Å². The zero-order chi connectivity index (χ0) is 12.3. The number of carbonyl (C=O) groups excluding carboxylic acids is 1. The topological polar surface area (TPSA) is 113 Å². The molecule has 82 valence electrons. The molecular weight excluding hydrogens is 216 g/mol. The second kappa shape index (κ2) is 4.27. The average molecular weight is 222 g/mol. The SMILES string of the molecule is COC(=O)c1cc(O)c(C#N)c([N+](=O)[O-])c1. The van der Waals surface area contributed by atoms with Crippen molar-refractivity contribution in [3.63, 3.8) is 0 Å². The summed E-state index contributed by atoms with van der Waals surface area (Å²) in [5.74, 6) is -1.46. The zero-order valence-electron chi connectivity index (χ0n) is 8.13. The summed E-state index contributed by atoms with van der Waals surface area (Å²) in [4.78, 5) is 20.8. The number of rotatable bonds is 2. The van der Waals surface area contributed by atoms with E-state index in [0.717, 1.165) is 19.2 Å². The normalized spacial score (nSPS) is 9.25. The van der Waals surface area contributed by atoms with Crippen LogP contribution in [-0.4, -0.2) is 23.1 Å². The molecule has 0 bridgehead atoms. The van der Waals surface area contributed by atoms with Crippen molar-refractivity contribution >= 4 is 11.7 Å². The van der Waals surface area contributed by atoms with E-state index in [4.69, 9.17) is 5.26 Å². The number of esters is 1. The number of aromatic hydroxyl groups is 1. The van der Waals surface area contributed by atoms with Crippen LogP contribution in [0.4, 0.5) is 5.69 Å². The molecule has 16 heavy (non-hydrogen) atoms. The molecule has 0 fully saturated rings. The molecule has 1 aromatic rings. The Balaban J connectivity index is 3.47. The molecule has 7 nitrogen and oxygen atoms in total. The maximum absolute atomic E-state index is 11.1. The number of ether oxygens (including phenoxy) is 1. The summed E-state index contributed by atoms with van der Waals surface area (Å²) in [5.41, 5.74) is -1.31. The summed E-state index contributed by atoms with van der Waals surface area (Å²) in [6.45, 7) is 0. The van der Waals surface area contributed by atoms with E-state index in [9.17, 15) is 20.0 Å². The molecule has 0 atom stereocenters. The molecule has 0 aliphatic heterocycles. The molecule has 0 unspecified atom stereocenters. The van der Waals surface area contributed by atoms with Gasteiger partial charge in [0.1, 0.15) is 11.8 Å². The molecule has 0 heterocycles. The van der Waals surface area contributed by atoms with E-state index in [-0.39, 0.29) is 5.56 Å². The van der Waals surface area contributed by atoms with E-state index >= 15 is 0 Å². The van der Waals surface area contributed by atoms with Crippen molar-refractivity contribution in [1.29, 1.82) is 5.26 Å². The minimum absolute atomic E-state index is 0.189. The largest absolute Gasteiger partial charge is 0.506 e. The highest BCUT2D eigenvalue weighted by Gasteiger charge is 2.22. The number of hydrogen-bond donors (Lipinski definition) is 1. The molecular formula is C9H6N2O5. The first-order valence-corrected chi connectivity index (χ1v) is 4.01. The number of carbonyl (C=O) groups is 1. The maximum atomic E-state index is 11.1. The van der Waals surface area contributed by atoms with Gasteiger partial charge in [0.15, 0.2) is 5.56 Å². The van der Waals surface area contributed by atoms with Crippen molar-refractivity contribution in [2.24, 2.45) is 0 Å². The Kier molecular flexibility index (Phi) is 3.06. The van der Waals surface area contributed by atoms with E-state index in [1.165, 1.54) is 6.07 Å². The lowest BCUT2D eigenvalue weighted by atomic mass is 10.1. The van der Waals surface area contributed by atoms with Gasteiger partial charge in [-0.2, -0.15) is 5.26 Å². The summed E-state index contributed by atoms with van der Waals surface area (Å²) in [6.07, 6.45) is 0. The van der Waals surface area contributed by atoms with Crippen LogP contribution in [-0.2, 0) is 4.74 Å². The summed E-state index contributed by atoms with van der Waals surface area (Å²) >= 11 is 0. The predicted molar refractivity (Wildman–Crippen MR) is 50.8 cm³/mol. The van der Waals surface area contributed by atoms with Gasteiger partial charge in [-0.1, -0.05) is 0 Å². The molecule has 0 aromatic heterocycles. The first-order chi connectivity index (χ1) is 7.51. The summed E-state index contributed by atoms with van der Waals surface area (Å²) in [5, 5.41) is 28.5. The lowest BCUT2D eigenvalue weighted by Crippen LogP contribution is -2.03. The number of nitriles is 1. The van der Waals surface area contributed by atoms with Crippen LogP contribution < -0.4 is 0 Å². The second-order valence-electron chi connectivity index (χ2n) is 2.75. The number of hydrogen-bond acceptors (Lipinski definition) is 6. The Morgan fingerprint density at radius 3 is 2.69 bits per heavy atom. The minimum atomic E-state index is -0.856. The van der Waals surface area contributed by atoms with Crippen LogP contribution in [0.15, 0.2) is 12.1 Å². The Bertz CT molecular complexity index is 503. The average Bonchev–Trinajstić information content (AvgIpc) is 2.26. The van der Waals surface area contributed by atoms with Gasteiger partial charge in [-0.15, -0.1) is 0 Å². The van der Waals surface area contributed by atoms with Crippen LogP contribution in [0.25, 0.3) is 0 Å². The fourth-order valence-electron chi connectivity index (χ4n) is 1.11. The van der Waals surface area contributed by atoms with Crippen LogP contribution in [0, 0.1) is 21.4 Å². The van der Waals surface area contributed by atoms with Gasteiger partial charge in [0.2, 0.25) is 0 Å². The highest BCUT2D eigenvalue weighted by molar-refractivity contribution is 5.91. The molecule has 1 N–H and O–H groups in total. The number of phenols is 1. The Labute approximate surface area is 89.6 Å².